The van der Waals surface area contributed by atoms with Crippen molar-refractivity contribution in [2.75, 3.05) is 32.2 Å². The van der Waals surface area contributed by atoms with E-state index in [2.05, 4.69) is 15.3 Å². The summed E-state index contributed by atoms with van der Waals surface area (Å²) in [4.78, 5) is 31.0. The number of nitrogens with zero attached hydrogens (tertiary/aromatic N) is 2. The highest BCUT2D eigenvalue weighted by Gasteiger charge is 2.14. The SMILES string of the molecule is COc1cc2ncnc(Nc3cc(Cl)ccc3CCOCCCCOC(C)=O)c2cc1OC(C)=O. The van der Waals surface area contributed by atoms with Crippen molar-refractivity contribution in [3.8, 4) is 11.5 Å². The number of methoxy groups -OCH3 is 1. The highest BCUT2D eigenvalue weighted by Crippen LogP contribution is 2.35. The first kappa shape index (κ1) is 26.2. The summed E-state index contributed by atoms with van der Waals surface area (Å²) < 4.78 is 21.3. The van der Waals surface area contributed by atoms with Gasteiger partial charge in [-0.05, 0) is 43.0 Å². The summed E-state index contributed by atoms with van der Waals surface area (Å²) in [6.07, 6.45) is 3.66. The normalized spacial score (nSPS) is 10.7. The second kappa shape index (κ2) is 12.9. The van der Waals surface area contributed by atoms with E-state index in [1.165, 1.54) is 27.3 Å². The highest BCUT2D eigenvalue weighted by atomic mass is 35.5. The van der Waals surface area contributed by atoms with E-state index < -0.39 is 5.97 Å². The standard InChI is InChI=1S/C25H28ClN3O6/c1-16(30)34-10-5-4-9-33-11-8-18-6-7-19(26)12-21(18)29-25-20-13-24(35-17(2)31)23(32-3)14-22(20)27-15-28-25/h6-7,12-15H,4-5,8-11H2,1-3H3,(H,27,28,29). The Hall–Kier alpha value is -3.43. The molecule has 0 amide bonds. The number of hydrogen-bond donors (Lipinski definition) is 1. The molecule has 0 saturated heterocycles. The highest BCUT2D eigenvalue weighted by molar-refractivity contribution is 6.30. The average Bonchev–Trinajstić information content (AvgIpc) is 2.81. The van der Waals surface area contributed by atoms with Crippen LogP contribution in [-0.4, -0.2) is 48.8 Å². The van der Waals surface area contributed by atoms with Gasteiger partial charge < -0.3 is 24.3 Å². The van der Waals surface area contributed by atoms with E-state index in [9.17, 15) is 9.59 Å². The second-order valence-electron chi connectivity index (χ2n) is 7.67. The molecule has 0 fully saturated rings. The maximum absolute atomic E-state index is 11.5. The van der Waals surface area contributed by atoms with Crippen molar-refractivity contribution in [2.45, 2.75) is 33.1 Å². The lowest BCUT2D eigenvalue weighted by Crippen LogP contribution is -2.06. The Labute approximate surface area is 208 Å². The van der Waals surface area contributed by atoms with Gasteiger partial charge in [0.2, 0.25) is 0 Å². The van der Waals surface area contributed by atoms with Crippen LogP contribution in [0.25, 0.3) is 10.9 Å². The Morgan fingerprint density at radius 1 is 0.971 bits per heavy atom. The van der Waals surface area contributed by atoms with Crippen LogP contribution >= 0.6 is 11.6 Å². The van der Waals surface area contributed by atoms with Crippen LogP contribution in [0.4, 0.5) is 11.5 Å². The first-order chi connectivity index (χ1) is 16.9. The molecule has 0 aliphatic heterocycles. The predicted octanol–water partition coefficient (Wildman–Crippen LogP) is 4.86. The smallest absolute Gasteiger partial charge is 0.308 e. The third kappa shape index (κ3) is 7.80. The maximum Gasteiger partial charge on any atom is 0.308 e. The lowest BCUT2D eigenvalue weighted by molar-refractivity contribution is -0.141. The quantitative estimate of drug-likeness (QED) is 0.211. The third-order valence-electron chi connectivity index (χ3n) is 5.00. The zero-order chi connectivity index (χ0) is 25.2. The Morgan fingerprint density at radius 2 is 1.77 bits per heavy atom. The van der Waals surface area contributed by atoms with Crippen molar-refractivity contribution in [1.82, 2.24) is 9.97 Å². The number of fused-ring (bicyclic) bond motifs is 1. The van der Waals surface area contributed by atoms with E-state index in [-0.39, 0.29) is 11.7 Å². The number of anilines is 2. The van der Waals surface area contributed by atoms with E-state index in [4.69, 9.17) is 30.5 Å². The van der Waals surface area contributed by atoms with Crippen molar-refractivity contribution in [2.24, 2.45) is 0 Å². The van der Waals surface area contributed by atoms with E-state index in [0.29, 0.717) is 53.7 Å². The van der Waals surface area contributed by atoms with Gasteiger partial charge in [-0.3, -0.25) is 9.59 Å². The summed E-state index contributed by atoms with van der Waals surface area (Å²) >= 11 is 6.26. The van der Waals surface area contributed by atoms with Gasteiger partial charge in [0.1, 0.15) is 12.1 Å². The largest absolute Gasteiger partial charge is 0.493 e. The molecule has 3 rings (SSSR count). The van der Waals surface area contributed by atoms with Crippen LogP contribution in [0.5, 0.6) is 11.5 Å². The Kier molecular flexibility index (Phi) is 9.63. The number of hydrogen-bond acceptors (Lipinski definition) is 9. The van der Waals surface area contributed by atoms with E-state index >= 15 is 0 Å². The minimum absolute atomic E-state index is 0.271. The molecule has 1 heterocycles. The number of carbonyl (C=O) groups is 2. The van der Waals surface area contributed by atoms with Gasteiger partial charge in [0, 0.05) is 42.6 Å². The fraction of sp³-hybridized carbons (Fsp3) is 0.360. The number of carbonyl (C=O) groups excluding carboxylic acids is 2. The van der Waals surface area contributed by atoms with Gasteiger partial charge in [-0.15, -0.1) is 0 Å². The Balaban J connectivity index is 1.72. The van der Waals surface area contributed by atoms with E-state index in [1.807, 2.05) is 18.2 Å². The summed E-state index contributed by atoms with van der Waals surface area (Å²) in [5.74, 6) is 0.468. The summed E-state index contributed by atoms with van der Waals surface area (Å²) in [7, 11) is 1.49. The molecular formula is C25H28ClN3O6. The molecule has 0 bridgehead atoms. The topological polar surface area (TPSA) is 109 Å². The van der Waals surface area contributed by atoms with Crippen LogP contribution in [0.2, 0.25) is 5.02 Å². The molecule has 9 nitrogen and oxygen atoms in total. The van der Waals surface area contributed by atoms with Crippen LogP contribution in [0.1, 0.15) is 32.3 Å². The molecule has 1 aromatic heterocycles. The van der Waals surface area contributed by atoms with Crippen LogP contribution < -0.4 is 14.8 Å². The van der Waals surface area contributed by atoms with Crippen LogP contribution in [0, 0.1) is 0 Å². The Bertz CT molecular complexity index is 1190. The number of halogens is 1. The number of unbranched alkanes of at least 4 members (excludes halogenated alkanes) is 1. The molecule has 0 unspecified atom stereocenters. The second-order valence-corrected chi connectivity index (χ2v) is 8.11. The third-order valence-corrected chi connectivity index (χ3v) is 5.24. The number of nitrogens with one attached hydrogen (secondary N) is 1. The average molecular weight is 502 g/mol. The molecule has 35 heavy (non-hydrogen) atoms. The van der Waals surface area contributed by atoms with Gasteiger partial charge in [-0.25, -0.2) is 9.97 Å². The number of aromatic nitrogens is 2. The van der Waals surface area contributed by atoms with E-state index in [1.54, 1.807) is 12.1 Å². The fourth-order valence-corrected chi connectivity index (χ4v) is 3.55. The first-order valence-electron chi connectivity index (χ1n) is 11.1. The van der Waals surface area contributed by atoms with E-state index in [0.717, 1.165) is 24.1 Å². The fourth-order valence-electron chi connectivity index (χ4n) is 3.37. The molecule has 186 valence electrons. The van der Waals surface area contributed by atoms with Crippen LogP contribution in [-0.2, 0) is 25.5 Å². The van der Waals surface area contributed by atoms with Crippen molar-refractivity contribution >= 4 is 45.9 Å². The molecular weight excluding hydrogens is 474 g/mol. The lowest BCUT2D eigenvalue weighted by Gasteiger charge is -2.15. The van der Waals surface area contributed by atoms with Gasteiger partial charge >= 0.3 is 11.9 Å². The molecule has 0 spiro atoms. The molecule has 0 aliphatic carbocycles. The monoisotopic (exact) mass is 501 g/mol. The minimum atomic E-state index is -0.461. The molecule has 10 heteroatoms. The van der Waals surface area contributed by atoms with Gasteiger partial charge in [-0.1, -0.05) is 17.7 Å². The van der Waals surface area contributed by atoms with Gasteiger partial charge in [0.15, 0.2) is 11.5 Å². The molecule has 0 atom stereocenters. The number of esters is 2. The molecule has 2 aromatic carbocycles. The molecule has 3 aromatic rings. The van der Waals surface area contributed by atoms with Crippen molar-refractivity contribution in [3.63, 3.8) is 0 Å². The number of rotatable bonds is 12. The number of ether oxygens (including phenoxy) is 4. The van der Waals surface area contributed by atoms with Gasteiger partial charge in [-0.2, -0.15) is 0 Å². The molecule has 0 radical (unpaired) electrons. The lowest BCUT2D eigenvalue weighted by atomic mass is 10.1. The molecule has 0 saturated carbocycles. The van der Waals surface area contributed by atoms with Gasteiger partial charge in [0.25, 0.3) is 0 Å². The van der Waals surface area contributed by atoms with Gasteiger partial charge in [0.05, 0.1) is 25.8 Å². The van der Waals surface area contributed by atoms with Crippen LogP contribution in [0.15, 0.2) is 36.7 Å². The van der Waals surface area contributed by atoms with Crippen molar-refractivity contribution in [1.29, 1.82) is 0 Å². The molecule has 0 aliphatic rings. The van der Waals surface area contributed by atoms with Crippen molar-refractivity contribution < 1.29 is 28.5 Å². The first-order valence-corrected chi connectivity index (χ1v) is 11.5. The minimum Gasteiger partial charge on any atom is -0.493 e. The summed E-state index contributed by atoms with van der Waals surface area (Å²) in [5.41, 5.74) is 2.39. The summed E-state index contributed by atoms with van der Waals surface area (Å²) in [5, 5.41) is 4.56. The molecule has 1 N–H and O–H groups in total. The maximum atomic E-state index is 11.5. The zero-order valence-corrected chi connectivity index (χ0v) is 20.7. The van der Waals surface area contributed by atoms with Crippen molar-refractivity contribution in [3.05, 3.63) is 47.2 Å². The zero-order valence-electron chi connectivity index (χ0n) is 19.9. The summed E-state index contributed by atoms with van der Waals surface area (Å²) in [6.45, 7) is 4.22. The van der Waals surface area contributed by atoms with Crippen LogP contribution in [0.3, 0.4) is 0 Å². The number of benzene rings is 2. The summed E-state index contributed by atoms with van der Waals surface area (Å²) in [6, 6.07) is 8.93. The Morgan fingerprint density at radius 3 is 2.51 bits per heavy atom. The predicted molar refractivity (Wildman–Crippen MR) is 133 cm³/mol.